The van der Waals surface area contributed by atoms with Crippen LogP contribution in [0.3, 0.4) is 0 Å². The number of aromatic nitrogens is 4. The molecule has 3 heterocycles. The van der Waals surface area contributed by atoms with E-state index in [1.807, 2.05) is 18.2 Å². The maximum absolute atomic E-state index is 12.5. The van der Waals surface area contributed by atoms with Crippen LogP contribution in [-0.2, 0) is 15.9 Å². The molecule has 1 N–H and O–H groups in total. The van der Waals surface area contributed by atoms with E-state index in [0.717, 1.165) is 0 Å². The molecule has 4 atom stereocenters. The second kappa shape index (κ2) is 7.15. The monoisotopic (exact) mass is 369 g/mol. The highest BCUT2D eigenvalue weighted by atomic mass is 16.6. The molecule has 27 heavy (non-hydrogen) atoms. The number of carbonyl (C=O) groups excluding carboxylic acids is 1. The zero-order chi connectivity index (χ0) is 19.7. The molecule has 0 bridgehead atoms. The Hall–Kier alpha value is -2.68. The maximum Gasteiger partial charge on any atom is 0.168 e. The molecule has 3 aromatic rings. The number of nitrogens with zero attached hydrogens (tertiary/aromatic N) is 4. The van der Waals surface area contributed by atoms with Gasteiger partial charge in [0.15, 0.2) is 17.7 Å². The van der Waals surface area contributed by atoms with Crippen molar-refractivity contribution in [1.82, 2.24) is 19.5 Å². The van der Waals surface area contributed by atoms with Crippen LogP contribution in [0.1, 0.15) is 30.6 Å². The molecule has 1 saturated heterocycles. The quantitative estimate of drug-likeness (QED) is 0.681. The predicted molar refractivity (Wildman–Crippen MR) is 96.2 cm³/mol. The Balaban J connectivity index is 1.65. The van der Waals surface area contributed by atoms with Crippen LogP contribution in [0.5, 0.6) is 0 Å². The first-order valence-electron chi connectivity index (χ1n) is 9.25. The van der Waals surface area contributed by atoms with E-state index < -0.39 is 24.5 Å². The summed E-state index contributed by atoms with van der Waals surface area (Å²) in [4.78, 5) is 25.4. The molecule has 8 heteroatoms. The zero-order valence-corrected chi connectivity index (χ0v) is 14.7. The number of aliphatic hydroxyl groups excluding tert-OH is 1. The molecule has 1 fully saturated rings. The van der Waals surface area contributed by atoms with Gasteiger partial charge in [-0.05, 0) is 6.90 Å². The molecule has 0 unspecified atom stereocenters. The van der Waals surface area contributed by atoms with Gasteiger partial charge < -0.3 is 14.6 Å². The van der Waals surface area contributed by atoms with Gasteiger partial charge in [0, 0.05) is 14.0 Å². The third kappa shape index (κ3) is 3.12. The molecule has 0 radical (unpaired) electrons. The van der Waals surface area contributed by atoms with E-state index in [2.05, 4.69) is 15.0 Å². The van der Waals surface area contributed by atoms with Crippen molar-refractivity contribution in [3.63, 3.8) is 0 Å². The summed E-state index contributed by atoms with van der Waals surface area (Å²) in [5, 5.41) is 10.6. The number of methoxy groups -OCH3 is 1. The van der Waals surface area contributed by atoms with Crippen molar-refractivity contribution in [2.24, 2.45) is 0 Å². The lowest BCUT2D eigenvalue weighted by atomic mass is 10.1. The van der Waals surface area contributed by atoms with E-state index in [4.69, 9.17) is 10.8 Å². The summed E-state index contributed by atoms with van der Waals surface area (Å²) in [7, 11) is 1.48. The topological polar surface area (TPSA) is 99.4 Å². The molecular formula is C19H20N4O4. The van der Waals surface area contributed by atoms with E-state index in [9.17, 15) is 9.90 Å². The lowest BCUT2D eigenvalue weighted by molar-refractivity contribution is -0.0302. The highest BCUT2D eigenvalue weighted by molar-refractivity contribution is 5.98. The molecule has 8 nitrogen and oxygen atoms in total. The van der Waals surface area contributed by atoms with Crippen molar-refractivity contribution in [3.05, 3.63) is 54.2 Å². The van der Waals surface area contributed by atoms with E-state index >= 15 is 0 Å². The van der Waals surface area contributed by atoms with Gasteiger partial charge in [-0.3, -0.25) is 9.36 Å². The highest BCUT2D eigenvalue weighted by Crippen LogP contribution is 2.32. The molecule has 0 saturated carbocycles. The van der Waals surface area contributed by atoms with E-state index in [1.165, 1.54) is 19.8 Å². The van der Waals surface area contributed by atoms with Crippen LogP contribution in [0.15, 0.2) is 43.0 Å². The molecule has 0 amide bonds. The molecule has 1 aliphatic rings. The molecule has 0 aliphatic carbocycles. The number of Topliss-reactive ketones (excluding diaryl/α,β-unsaturated/α-hetero) is 1. The Labute approximate surface area is 157 Å². The van der Waals surface area contributed by atoms with Crippen molar-refractivity contribution >= 4 is 16.9 Å². The number of hydrogen-bond donors (Lipinski definition) is 1. The van der Waals surface area contributed by atoms with Crippen molar-refractivity contribution in [3.8, 4) is 0 Å². The zero-order valence-electron chi connectivity index (χ0n) is 15.7. The van der Waals surface area contributed by atoms with Crippen LogP contribution in [0.25, 0.3) is 11.2 Å². The summed E-state index contributed by atoms with van der Waals surface area (Å²) >= 11 is 0. The molecule has 4 rings (SSSR count). The normalized spacial score (nSPS) is 25.6. The first-order chi connectivity index (χ1) is 13.6. The summed E-state index contributed by atoms with van der Waals surface area (Å²) in [6.07, 6.45) is 0.0438. The fourth-order valence-corrected chi connectivity index (χ4v) is 3.33. The second-order valence-corrected chi connectivity index (χ2v) is 6.37. The number of fused-ring (bicyclic) bond motifs is 1. The predicted octanol–water partition coefficient (Wildman–Crippen LogP) is 1.54. The average Bonchev–Trinajstić information content (AvgIpc) is 3.29. The van der Waals surface area contributed by atoms with Crippen molar-refractivity contribution in [1.29, 1.82) is 0 Å². The van der Waals surface area contributed by atoms with Gasteiger partial charge in [0.2, 0.25) is 0 Å². The highest BCUT2D eigenvalue weighted by Gasteiger charge is 2.43. The number of ketones is 1. The number of carbonyl (C=O) groups is 1. The standard InChI is InChI=1S/C19H20N4O4/c1-11-17(26-2)16(25)19(27-11)23-10-22-15-13(20-9-21-18(15)23)8-14(24)12-6-4-3-5-7-12/h3-7,9-11,16-17,19,25H,8H2,1-2H3/t11-,16-,17-,19-/m1/s1/i1D. The SMILES string of the molecule is [2H]C[C@H]1O[C@@H](n2cnc3c(CC(=O)c4ccccc4)ncnc32)[C@H](O)[C@@H]1OC. The number of aliphatic hydroxyl groups is 1. The maximum atomic E-state index is 12.5. The van der Waals surface area contributed by atoms with Crippen molar-refractivity contribution < 1.29 is 20.7 Å². The van der Waals surface area contributed by atoms with Gasteiger partial charge in [-0.2, -0.15) is 0 Å². The summed E-state index contributed by atoms with van der Waals surface area (Å²) in [6.45, 7) is -0.0372. The number of imidazole rings is 1. The van der Waals surface area contributed by atoms with Crippen LogP contribution in [0.4, 0.5) is 0 Å². The van der Waals surface area contributed by atoms with Gasteiger partial charge in [0.1, 0.15) is 24.1 Å². The summed E-state index contributed by atoms with van der Waals surface area (Å²) in [6, 6.07) is 8.99. The van der Waals surface area contributed by atoms with Gasteiger partial charge in [-0.25, -0.2) is 15.0 Å². The summed E-state index contributed by atoms with van der Waals surface area (Å²) in [5.74, 6) is -0.0685. The fourth-order valence-electron chi connectivity index (χ4n) is 3.33. The summed E-state index contributed by atoms with van der Waals surface area (Å²) < 4.78 is 20.3. The first-order valence-corrected chi connectivity index (χ1v) is 8.54. The lowest BCUT2D eigenvalue weighted by Crippen LogP contribution is -2.32. The third-order valence-corrected chi connectivity index (χ3v) is 4.71. The fraction of sp³-hybridized carbons (Fsp3) is 0.368. The van der Waals surface area contributed by atoms with Gasteiger partial charge in [0.05, 0.1) is 24.5 Å². The van der Waals surface area contributed by atoms with Crippen molar-refractivity contribution in [2.75, 3.05) is 7.11 Å². The van der Waals surface area contributed by atoms with Crippen molar-refractivity contribution in [2.45, 2.75) is 37.9 Å². The number of benzene rings is 1. The van der Waals surface area contributed by atoms with Gasteiger partial charge >= 0.3 is 0 Å². The Morgan fingerprint density at radius 1 is 1.33 bits per heavy atom. The Morgan fingerprint density at radius 2 is 2.15 bits per heavy atom. The Kier molecular flexibility index (Phi) is 4.36. The van der Waals surface area contributed by atoms with Gasteiger partial charge in [-0.1, -0.05) is 30.3 Å². The second-order valence-electron chi connectivity index (χ2n) is 6.37. The van der Waals surface area contributed by atoms with E-state index in [0.29, 0.717) is 22.4 Å². The Bertz CT molecular complexity index is 980. The largest absolute Gasteiger partial charge is 0.386 e. The van der Waals surface area contributed by atoms with Crippen LogP contribution in [0.2, 0.25) is 0 Å². The minimum absolute atomic E-state index is 0.0372. The average molecular weight is 369 g/mol. The molecule has 2 aromatic heterocycles. The number of hydrogen-bond acceptors (Lipinski definition) is 7. The Morgan fingerprint density at radius 3 is 2.85 bits per heavy atom. The van der Waals surface area contributed by atoms with E-state index in [-0.39, 0.29) is 19.1 Å². The van der Waals surface area contributed by atoms with Crippen LogP contribution >= 0.6 is 0 Å². The van der Waals surface area contributed by atoms with Gasteiger partial charge in [0.25, 0.3) is 0 Å². The molecule has 0 spiro atoms. The number of ether oxygens (including phenoxy) is 2. The number of rotatable bonds is 5. The smallest absolute Gasteiger partial charge is 0.168 e. The molecular weight excluding hydrogens is 348 g/mol. The third-order valence-electron chi connectivity index (χ3n) is 4.71. The van der Waals surface area contributed by atoms with Crippen LogP contribution in [-0.4, -0.2) is 55.8 Å². The molecule has 1 aromatic carbocycles. The minimum Gasteiger partial charge on any atom is -0.386 e. The summed E-state index contributed by atoms with van der Waals surface area (Å²) in [5.41, 5.74) is 2.04. The molecule has 140 valence electrons. The van der Waals surface area contributed by atoms with E-state index in [1.54, 1.807) is 16.7 Å². The van der Waals surface area contributed by atoms with Crippen LogP contribution < -0.4 is 0 Å². The first kappa shape index (κ1) is 16.5. The van der Waals surface area contributed by atoms with Gasteiger partial charge in [-0.15, -0.1) is 0 Å². The lowest BCUT2D eigenvalue weighted by Gasteiger charge is -2.17. The molecule has 1 aliphatic heterocycles. The minimum atomic E-state index is -0.970. The van der Waals surface area contributed by atoms with Crippen LogP contribution in [0, 0.1) is 0 Å².